The summed E-state index contributed by atoms with van der Waals surface area (Å²) in [6.45, 7) is -0.441. The number of rotatable bonds is 7. The molecule has 3 rings (SSSR count). The summed E-state index contributed by atoms with van der Waals surface area (Å²) in [7, 11) is 0. The van der Waals surface area contributed by atoms with Gasteiger partial charge in [-0.3, -0.25) is 14.5 Å². The van der Waals surface area contributed by atoms with E-state index in [1.807, 2.05) is 0 Å². The van der Waals surface area contributed by atoms with Gasteiger partial charge in [-0.25, -0.2) is 4.79 Å². The summed E-state index contributed by atoms with van der Waals surface area (Å²) in [4.78, 5) is 38.3. The van der Waals surface area contributed by atoms with Gasteiger partial charge in [0.1, 0.15) is 23.4 Å². The molecule has 2 fully saturated rings. The molecule has 1 aromatic carbocycles. The Morgan fingerprint density at radius 3 is 2.55 bits per heavy atom. The third-order valence-electron chi connectivity index (χ3n) is 5.26. The molecule has 2 atom stereocenters. The van der Waals surface area contributed by atoms with Gasteiger partial charge < -0.3 is 15.4 Å². The van der Waals surface area contributed by atoms with E-state index >= 15 is 0 Å². The van der Waals surface area contributed by atoms with Gasteiger partial charge in [0.25, 0.3) is 5.91 Å². The molecular formula is C19H20F2N4O4. The number of nitrogens with zero attached hydrogens (tertiary/aromatic N) is 2. The van der Waals surface area contributed by atoms with Gasteiger partial charge in [-0.15, -0.1) is 0 Å². The highest BCUT2D eigenvalue weighted by molar-refractivity contribution is 6.09. The molecule has 8 nitrogen and oxygen atoms in total. The molecule has 0 radical (unpaired) electrons. The van der Waals surface area contributed by atoms with E-state index < -0.39 is 42.1 Å². The highest BCUT2D eigenvalue weighted by Crippen LogP contribution is 2.39. The first-order chi connectivity index (χ1) is 13.6. The second-order valence-electron chi connectivity index (χ2n) is 7.49. The van der Waals surface area contributed by atoms with Crippen molar-refractivity contribution in [2.75, 3.05) is 6.54 Å². The summed E-state index contributed by atoms with van der Waals surface area (Å²) in [5, 5.41) is 14.5. The second-order valence-corrected chi connectivity index (χ2v) is 7.49. The molecule has 1 heterocycles. The Labute approximate surface area is 165 Å². The molecule has 4 amide bonds. The molecule has 0 aromatic heterocycles. The first-order valence-corrected chi connectivity index (χ1v) is 9.01. The van der Waals surface area contributed by atoms with Crippen molar-refractivity contribution in [2.24, 2.45) is 5.92 Å². The Balaban J connectivity index is 1.71. The summed E-state index contributed by atoms with van der Waals surface area (Å²) in [6, 6.07) is 6.61. The normalized spacial score (nSPS) is 23.4. The Hall–Kier alpha value is -3.22. The SMILES string of the molecule is CC1(c2ccc(OC(F)F)cc2)NC(=O)N(CC(=O)NC(C)(C#N)C2CC2)C1=O. The van der Waals surface area contributed by atoms with Gasteiger partial charge in [-0.1, -0.05) is 12.1 Å². The van der Waals surface area contributed by atoms with Crippen molar-refractivity contribution >= 4 is 17.8 Å². The van der Waals surface area contributed by atoms with Gasteiger partial charge >= 0.3 is 12.6 Å². The first kappa shape index (κ1) is 20.5. The van der Waals surface area contributed by atoms with Crippen molar-refractivity contribution in [1.29, 1.82) is 5.26 Å². The van der Waals surface area contributed by atoms with Gasteiger partial charge in [0.15, 0.2) is 0 Å². The van der Waals surface area contributed by atoms with Crippen molar-refractivity contribution < 1.29 is 27.9 Å². The molecule has 29 heavy (non-hydrogen) atoms. The molecule has 10 heteroatoms. The second kappa shape index (κ2) is 7.31. The highest BCUT2D eigenvalue weighted by atomic mass is 19.3. The summed E-state index contributed by atoms with van der Waals surface area (Å²) in [5.74, 6) is -1.31. The van der Waals surface area contributed by atoms with E-state index in [2.05, 4.69) is 21.4 Å². The maximum Gasteiger partial charge on any atom is 0.387 e. The van der Waals surface area contributed by atoms with Crippen LogP contribution in [-0.2, 0) is 15.1 Å². The lowest BCUT2D eigenvalue weighted by atomic mass is 9.92. The maximum atomic E-state index is 12.9. The largest absolute Gasteiger partial charge is 0.435 e. The topological polar surface area (TPSA) is 112 Å². The van der Waals surface area contributed by atoms with Crippen molar-refractivity contribution in [2.45, 2.75) is 44.4 Å². The predicted molar refractivity (Wildman–Crippen MR) is 95.6 cm³/mol. The fraction of sp³-hybridized carbons (Fsp3) is 0.474. The van der Waals surface area contributed by atoms with Crippen LogP contribution in [0, 0.1) is 17.2 Å². The van der Waals surface area contributed by atoms with Crippen LogP contribution in [0.15, 0.2) is 24.3 Å². The number of nitriles is 1. The van der Waals surface area contributed by atoms with Crippen LogP contribution >= 0.6 is 0 Å². The van der Waals surface area contributed by atoms with Gasteiger partial charge in [0, 0.05) is 0 Å². The molecule has 1 saturated heterocycles. The zero-order valence-corrected chi connectivity index (χ0v) is 15.9. The van der Waals surface area contributed by atoms with Crippen molar-refractivity contribution in [3.8, 4) is 11.8 Å². The summed E-state index contributed by atoms with van der Waals surface area (Å²) < 4.78 is 28.8. The van der Waals surface area contributed by atoms with E-state index in [1.165, 1.54) is 31.2 Å². The van der Waals surface area contributed by atoms with Crippen LogP contribution < -0.4 is 15.4 Å². The van der Waals surface area contributed by atoms with Crippen molar-refractivity contribution in [3.05, 3.63) is 29.8 Å². The molecule has 154 valence electrons. The Bertz CT molecular complexity index is 881. The molecule has 1 aliphatic heterocycles. The number of carbonyl (C=O) groups excluding carboxylic acids is 3. The predicted octanol–water partition coefficient (Wildman–Crippen LogP) is 1.86. The van der Waals surface area contributed by atoms with E-state index in [0.29, 0.717) is 5.56 Å². The molecule has 0 bridgehead atoms. The fourth-order valence-corrected chi connectivity index (χ4v) is 3.36. The lowest BCUT2D eigenvalue weighted by molar-refractivity contribution is -0.135. The van der Waals surface area contributed by atoms with Crippen LogP contribution in [0.2, 0.25) is 0 Å². The van der Waals surface area contributed by atoms with Crippen LogP contribution in [0.3, 0.4) is 0 Å². The van der Waals surface area contributed by atoms with Crippen LogP contribution in [0.25, 0.3) is 0 Å². The van der Waals surface area contributed by atoms with E-state index in [-0.39, 0.29) is 11.7 Å². The van der Waals surface area contributed by atoms with E-state index in [0.717, 1.165) is 17.7 Å². The standard InChI is InChI=1S/C19H20F2N4O4/c1-18(10-22,11-3-4-11)23-14(26)9-25-15(27)19(2,24-17(25)28)12-5-7-13(8-6-12)29-16(20)21/h5-8,11,16H,3-4,9H2,1-2H3,(H,23,26)(H,24,28). The van der Waals surface area contributed by atoms with Gasteiger partial charge in [-0.2, -0.15) is 14.0 Å². The molecule has 1 aliphatic carbocycles. The molecular weight excluding hydrogens is 386 g/mol. The number of ether oxygens (including phenoxy) is 1. The van der Waals surface area contributed by atoms with E-state index in [4.69, 9.17) is 0 Å². The number of halogens is 2. The smallest absolute Gasteiger partial charge is 0.387 e. The Morgan fingerprint density at radius 1 is 1.41 bits per heavy atom. The van der Waals surface area contributed by atoms with Crippen LogP contribution in [0.4, 0.5) is 13.6 Å². The summed E-state index contributed by atoms with van der Waals surface area (Å²) in [6.07, 6.45) is 1.66. The number of alkyl halides is 2. The number of carbonyl (C=O) groups is 3. The molecule has 2 N–H and O–H groups in total. The lowest BCUT2D eigenvalue weighted by Crippen LogP contribution is -2.51. The van der Waals surface area contributed by atoms with Crippen LogP contribution in [-0.4, -0.2) is 41.4 Å². The average molecular weight is 406 g/mol. The number of imide groups is 1. The number of hydrogen-bond acceptors (Lipinski definition) is 5. The number of urea groups is 1. The van der Waals surface area contributed by atoms with Crippen LogP contribution in [0.1, 0.15) is 32.3 Å². The quantitative estimate of drug-likeness (QED) is 0.672. The summed E-state index contributed by atoms with van der Waals surface area (Å²) >= 11 is 0. The van der Waals surface area contributed by atoms with Gasteiger partial charge in [0.2, 0.25) is 5.91 Å². The van der Waals surface area contributed by atoms with E-state index in [9.17, 15) is 28.4 Å². The molecule has 2 unspecified atom stereocenters. The Morgan fingerprint density at radius 2 is 2.03 bits per heavy atom. The number of amides is 4. The minimum Gasteiger partial charge on any atom is -0.435 e. The third kappa shape index (κ3) is 3.99. The van der Waals surface area contributed by atoms with E-state index in [1.54, 1.807) is 6.92 Å². The third-order valence-corrected chi connectivity index (χ3v) is 5.26. The number of benzene rings is 1. The molecule has 0 spiro atoms. The minimum absolute atomic E-state index is 0.0544. The lowest BCUT2D eigenvalue weighted by Gasteiger charge is -2.25. The molecule has 2 aliphatic rings. The molecule has 1 aromatic rings. The number of hydrogen-bond donors (Lipinski definition) is 2. The van der Waals surface area contributed by atoms with Crippen molar-refractivity contribution in [3.63, 3.8) is 0 Å². The zero-order valence-electron chi connectivity index (χ0n) is 15.9. The van der Waals surface area contributed by atoms with Gasteiger partial charge in [0.05, 0.1) is 6.07 Å². The fourth-order valence-electron chi connectivity index (χ4n) is 3.36. The average Bonchev–Trinajstić information content (AvgIpc) is 3.48. The highest BCUT2D eigenvalue weighted by Gasteiger charge is 2.50. The maximum absolute atomic E-state index is 12.9. The summed E-state index contributed by atoms with van der Waals surface area (Å²) in [5.41, 5.74) is -2.16. The van der Waals surface area contributed by atoms with Gasteiger partial charge in [-0.05, 0) is 50.3 Å². The Kier molecular flexibility index (Phi) is 5.17. The van der Waals surface area contributed by atoms with Crippen LogP contribution in [0.5, 0.6) is 5.75 Å². The minimum atomic E-state index is -2.98. The first-order valence-electron chi connectivity index (χ1n) is 9.01. The molecule has 1 saturated carbocycles. The number of nitrogens with one attached hydrogen (secondary N) is 2. The monoisotopic (exact) mass is 406 g/mol. The van der Waals surface area contributed by atoms with Crippen molar-refractivity contribution in [1.82, 2.24) is 15.5 Å². The zero-order chi connectivity index (χ0) is 21.4.